The molecule has 0 unspecified atom stereocenters. The molecule has 1 fully saturated rings. The molecule has 2 amide bonds. The normalized spacial score (nSPS) is 18.9. The highest BCUT2D eigenvalue weighted by molar-refractivity contribution is 7.98. The Labute approximate surface area is 213 Å². The molecule has 4 atom stereocenters. The molecule has 1 aromatic carbocycles. The van der Waals surface area contributed by atoms with Gasteiger partial charge in [0, 0.05) is 37.9 Å². The highest BCUT2D eigenvalue weighted by Crippen LogP contribution is 2.21. The summed E-state index contributed by atoms with van der Waals surface area (Å²) >= 11 is 1.57. The van der Waals surface area contributed by atoms with Crippen molar-refractivity contribution in [2.75, 3.05) is 32.3 Å². The number of carbonyl (C=O) groups is 3. The van der Waals surface area contributed by atoms with E-state index in [0.717, 1.165) is 18.4 Å². The Bertz CT molecular complexity index is 809. The fraction of sp³-hybridized carbons (Fsp3) is 0.654. The molecule has 35 heavy (non-hydrogen) atoms. The predicted molar refractivity (Wildman–Crippen MR) is 139 cm³/mol. The second kappa shape index (κ2) is 15.1. The van der Waals surface area contributed by atoms with Gasteiger partial charge in [-0.2, -0.15) is 11.8 Å². The van der Waals surface area contributed by atoms with E-state index >= 15 is 0 Å². The van der Waals surface area contributed by atoms with E-state index in [2.05, 4.69) is 29.8 Å². The molecule has 0 spiro atoms. The van der Waals surface area contributed by atoms with Crippen molar-refractivity contribution in [2.45, 2.75) is 70.2 Å². The first kappa shape index (κ1) is 29.1. The van der Waals surface area contributed by atoms with Gasteiger partial charge >= 0.3 is 5.97 Å². The number of ether oxygens (including phenoxy) is 2. The van der Waals surface area contributed by atoms with E-state index in [9.17, 15) is 14.4 Å². The summed E-state index contributed by atoms with van der Waals surface area (Å²) in [5.41, 5.74) is -0.503. The zero-order valence-electron chi connectivity index (χ0n) is 21.4. The van der Waals surface area contributed by atoms with Crippen molar-refractivity contribution in [3.8, 4) is 0 Å². The molecular formula is C26H41N3O5S. The average molecular weight is 508 g/mol. The summed E-state index contributed by atoms with van der Waals surface area (Å²) in [6.45, 7) is 5.07. The molecule has 1 aromatic rings. The molecule has 9 heteroatoms. The number of amides is 2. The van der Waals surface area contributed by atoms with Gasteiger partial charge in [0.2, 0.25) is 17.5 Å². The van der Waals surface area contributed by atoms with Crippen LogP contribution in [0.15, 0.2) is 30.3 Å². The van der Waals surface area contributed by atoms with Crippen LogP contribution in [0.4, 0.5) is 0 Å². The van der Waals surface area contributed by atoms with Gasteiger partial charge < -0.3 is 25.4 Å². The average Bonchev–Trinajstić information content (AvgIpc) is 3.30. The Morgan fingerprint density at radius 1 is 1.29 bits per heavy atom. The van der Waals surface area contributed by atoms with Crippen LogP contribution in [0.25, 0.3) is 0 Å². The lowest BCUT2D eigenvalue weighted by atomic mass is 9.99. The molecule has 0 aliphatic carbocycles. The van der Waals surface area contributed by atoms with Gasteiger partial charge in [-0.1, -0.05) is 50.6 Å². The third kappa shape index (κ3) is 9.46. The van der Waals surface area contributed by atoms with Crippen LogP contribution in [0.1, 0.15) is 51.5 Å². The van der Waals surface area contributed by atoms with Crippen LogP contribution in [-0.2, 0) is 30.3 Å². The second-order valence-electron chi connectivity index (χ2n) is 9.11. The van der Waals surface area contributed by atoms with Crippen LogP contribution >= 0.6 is 11.8 Å². The quantitative estimate of drug-likeness (QED) is 0.233. The van der Waals surface area contributed by atoms with Crippen LogP contribution in [0.3, 0.4) is 0 Å². The lowest BCUT2D eigenvalue weighted by Gasteiger charge is -2.35. The summed E-state index contributed by atoms with van der Waals surface area (Å²) in [5.74, 6) is 0.0846. The van der Waals surface area contributed by atoms with Crippen LogP contribution in [0.5, 0.6) is 0 Å². The molecule has 3 N–H and O–H groups in total. The minimum absolute atomic E-state index is 0.0583. The first-order valence-corrected chi connectivity index (χ1v) is 13.8. The van der Waals surface area contributed by atoms with Crippen LogP contribution in [-0.4, -0.2) is 67.9 Å². The summed E-state index contributed by atoms with van der Waals surface area (Å²) in [6, 6.07) is 9.79. The largest absolute Gasteiger partial charge is 0.465 e. The SMILES string of the molecule is CC[C@H](C)[C@@H](CO[C@](CCSC)(NC(=O)CCc1ccccc1)C(=O)OC)NC[C@@H]1CCC(=O)N1. The molecule has 0 bridgehead atoms. The topological polar surface area (TPSA) is 106 Å². The summed E-state index contributed by atoms with van der Waals surface area (Å²) in [4.78, 5) is 37.4. The van der Waals surface area contributed by atoms with Gasteiger partial charge in [0.15, 0.2) is 0 Å². The Morgan fingerprint density at radius 3 is 2.63 bits per heavy atom. The van der Waals surface area contributed by atoms with Gasteiger partial charge in [0.05, 0.1) is 13.7 Å². The van der Waals surface area contributed by atoms with E-state index in [1.165, 1.54) is 7.11 Å². The number of hydrogen-bond donors (Lipinski definition) is 3. The van der Waals surface area contributed by atoms with Gasteiger partial charge in [0.25, 0.3) is 0 Å². The van der Waals surface area contributed by atoms with E-state index < -0.39 is 11.7 Å². The number of thioether (sulfide) groups is 1. The molecule has 8 nitrogen and oxygen atoms in total. The third-order valence-corrected chi connectivity index (χ3v) is 7.16. The first-order chi connectivity index (χ1) is 16.8. The maximum absolute atomic E-state index is 13.0. The monoisotopic (exact) mass is 507 g/mol. The maximum atomic E-state index is 13.0. The van der Waals surface area contributed by atoms with Crippen molar-refractivity contribution >= 4 is 29.5 Å². The number of hydrogen-bond acceptors (Lipinski definition) is 7. The fourth-order valence-corrected chi connectivity index (χ4v) is 4.54. The molecule has 1 saturated heterocycles. The minimum atomic E-state index is -1.56. The molecule has 1 aliphatic heterocycles. The van der Waals surface area contributed by atoms with Crippen molar-refractivity contribution in [2.24, 2.45) is 5.92 Å². The molecule has 0 radical (unpaired) electrons. The lowest BCUT2D eigenvalue weighted by molar-refractivity contribution is -0.180. The van der Waals surface area contributed by atoms with Crippen molar-refractivity contribution < 1.29 is 23.9 Å². The summed E-state index contributed by atoms with van der Waals surface area (Å²) in [7, 11) is 1.31. The van der Waals surface area contributed by atoms with E-state index in [4.69, 9.17) is 9.47 Å². The van der Waals surface area contributed by atoms with Gasteiger partial charge in [-0.15, -0.1) is 0 Å². The van der Waals surface area contributed by atoms with Crippen molar-refractivity contribution in [3.63, 3.8) is 0 Å². The van der Waals surface area contributed by atoms with E-state index in [-0.39, 0.29) is 42.8 Å². The number of aryl methyl sites for hydroxylation is 1. The number of carbonyl (C=O) groups excluding carboxylic acids is 3. The Balaban J connectivity index is 2.09. The molecule has 196 valence electrons. The maximum Gasteiger partial charge on any atom is 0.359 e. The zero-order chi connectivity index (χ0) is 25.7. The van der Waals surface area contributed by atoms with Gasteiger partial charge in [0.1, 0.15) is 0 Å². The third-order valence-electron chi connectivity index (χ3n) is 6.55. The molecule has 0 aromatic heterocycles. The van der Waals surface area contributed by atoms with Crippen molar-refractivity contribution in [3.05, 3.63) is 35.9 Å². The smallest absolute Gasteiger partial charge is 0.359 e. The highest BCUT2D eigenvalue weighted by Gasteiger charge is 2.43. The number of esters is 1. The van der Waals surface area contributed by atoms with E-state index in [1.54, 1.807) is 11.8 Å². The Morgan fingerprint density at radius 2 is 2.03 bits per heavy atom. The molecule has 2 rings (SSSR count). The Hall–Kier alpha value is -2.10. The summed E-state index contributed by atoms with van der Waals surface area (Å²) in [6.07, 6.45) is 5.31. The Kier molecular flexibility index (Phi) is 12.6. The summed E-state index contributed by atoms with van der Waals surface area (Å²) in [5, 5.41) is 9.35. The van der Waals surface area contributed by atoms with Crippen LogP contribution in [0.2, 0.25) is 0 Å². The number of benzene rings is 1. The van der Waals surface area contributed by atoms with Gasteiger partial charge in [-0.25, -0.2) is 4.79 Å². The number of rotatable bonds is 16. The first-order valence-electron chi connectivity index (χ1n) is 12.4. The molecular weight excluding hydrogens is 466 g/mol. The zero-order valence-corrected chi connectivity index (χ0v) is 22.2. The highest BCUT2D eigenvalue weighted by atomic mass is 32.2. The van der Waals surface area contributed by atoms with Crippen molar-refractivity contribution in [1.82, 2.24) is 16.0 Å². The van der Waals surface area contributed by atoms with Crippen molar-refractivity contribution in [1.29, 1.82) is 0 Å². The number of methoxy groups -OCH3 is 1. The lowest BCUT2D eigenvalue weighted by Crippen LogP contribution is -2.59. The van der Waals surface area contributed by atoms with Gasteiger partial charge in [-0.05, 0) is 36.3 Å². The fourth-order valence-electron chi connectivity index (χ4n) is 4.05. The molecule has 1 aliphatic rings. The number of nitrogens with one attached hydrogen (secondary N) is 3. The summed E-state index contributed by atoms with van der Waals surface area (Å²) < 4.78 is 11.4. The predicted octanol–water partition coefficient (Wildman–Crippen LogP) is 2.66. The van der Waals surface area contributed by atoms with E-state index in [1.807, 2.05) is 36.6 Å². The molecule has 1 heterocycles. The minimum Gasteiger partial charge on any atom is -0.465 e. The van der Waals surface area contributed by atoms with E-state index in [0.29, 0.717) is 31.6 Å². The second-order valence-corrected chi connectivity index (χ2v) is 10.1. The van der Waals surface area contributed by atoms with Crippen LogP contribution in [0, 0.1) is 5.92 Å². The molecule has 0 saturated carbocycles. The van der Waals surface area contributed by atoms with Crippen LogP contribution < -0.4 is 16.0 Å². The standard InChI is InChI=1S/C26H41N3O5S/c1-5-19(2)22(27-17-21-12-14-23(30)28-21)18-34-26(15-16-35-4,25(32)33-3)29-24(31)13-11-20-9-7-6-8-10-20/h6-10,19,21-22,27H,5,11-18H2,1-4H3,(H,28,30)(H,29,31)/t19-,21-,22+,26-/m0/s1. The van der Waals surface area contributed by atoms with Gasteiger partial charge in [-0.3, -0.25) is 9.59 Å².